The molecule has 0 unspecified atom stereocenters. The molecule has 3 nitrogen and oxygen atoms in total. The summed E-state index contributed by atoms with van der Waals surface area (Å²) in [6, 6.07) is 9.45. The van der Waals surface area contributed by atoms with Crippen LogP contribution < -0.4 is 4.90 Å². The van der Waals surface area contributed by atoms with Gasteiger partial charge in [-0.25, -0.2) is 0 Å². The Morgan fingerprint density at radius 3 is 2.71 bits per heavy atom. The van der Waals surface area contributed by atoms with Crippen molar-refractivity contribution in [2.24, 2.45) is 0 Å². The summed E-state index contributed by atoms with van der Waals surface area (Å²) < 4.78 is 0. The second-order valence-corrected chi connectivity index (χ2v) is 6.35. The molecule has 2 heterocycles. The maximum Gasteiger partial charge on any atom is 0.227 e. The Labute approximate surface area is 128 Å². The fraction of sp³-hybridized carbons (Fsp3) is 0.294. The van der Waals surface area contributed by atoms with Crippen molar-refractivity contribution in [3.63, 3.8) is 0 Å². The molecular weight excluding hydrogens is 282 g/mol. The predicted octanol–water partition coefficient (Wildman–Crippen LogP) is 3.61. The number of amides is 1. The van der Waals surface area contributed by atoms with Gasteiger partial charge < -0.3 is 4.90 Å². The maximum absolute atomic E-state index is 12.4. The fourth-order valence-electron chi connectivity index (χ4n) is 2.58. The number of fused-ring (bicyclic) bond motifs is 1. The molecule has 3 rings (SSSR count). The minimum atomic E-state index is -0.0117. The number of ketones is 1. The summed E-state index contributed by atoms with van der Waals surface area (Å²) in [5.74, 6) is 0.0370. The van der Waals surface area contributed by atoms with Crippen molar-refractivity contribution >= 4 is 28.7 Å². The molecule has 21 heavy (non-hydrogen) atoms. The highest BCUT2D eigenvalue weighted by Crippen LogP contribution is 2.31. The highest BCUT2D eigenvalue weighted by molar-refractivity contribution is 7.10. The van der Waals surface area contributed by atoms with Crippen LogP contribution in [0.3, 0.4) is 0 Å². The van der Waals surface area contributed by atoms with Crippen molar-refractivity contribution in [3.8, 4) is 0 Å². The van der Waals surface area contributed by atoms with Gasteiger partial charge in [-0.15, -0.1) is 11.3 Å². The van der Waals surface area contributed by atoms with Crippen LogP contribution in [0.2, 0.25) is 0 Å². The van der Waals surface area contributed by atoms with E-state index in [0.717, 1.165) is 24.1 Å². The number of benzene rings is 1. The van der Waals surface area contributed by atoms with E-state index >= 15 is 0 Å². The number of hydrogen-bond acceptors (Lipinski definition) is 3. The van der Waals surface area contributed by atoms with E-state index in [2.05, 4.69) is 0 Å². The van der Waals surface area contributed by atoms with Crippen LogP contribution in [0.15, 0.2) is 35.7 Å². The molecular formula is C17H17NO2S. The lowest BCUT2D eigenvalue weighted by Crippen LogP contribution is -2.35. The Hall–Kier alpha value is -1.94. The van der Waals surface area contributed by atoms with Crippen molar-refractivity contribution in [2.45, 2.75) is 26.2 Å². The van der Waals surface area contributed by atoms with Gasteiger partial charge >= 0.3 is 0 Å². The molecule has 0 radical (unpaired) electrons. The summed E-state index contributed by atoms with van der Waals surface area (Å²) in [5.41, 5.74) is 2.70. The van der Waals surface area contributed by atoms with Gasteiger partial charge in [0, 0.05) is 16.9 Å². The molecule has 4 heteroatoms. The lowest BCUT2D eigenvalue weighted by atomic mass is 10.1. The normalized spacial score (nSPS) is 14.7. The average Bonchev–Trinajstić information content (AvgIpc) is 2.88. The van der Waals surface area contributed by atoms with Gasteiger partial charge in [0.15, 0.2) is 5.78 Å². The van der Waals surface area contributed by atoms with Crippen LogP contribution >= 0.6 is 11.3 Å². The molecule has 0 saturated heterocycles. The molecule has 1 aliphatic rings. The molecule has 2 aromatic rings. The first-order valence-electron chi connectivity index (χ1n) is 7.12. The lowest BCUT2D eigenvalue weighted by Gasteiger charge is -2.20. The van der Waals surface area contributed by atoms with Crippen molar-refractivity contribution < 1.29 is 9.59 Å². The lowest BCUT2D eigenvalue weighted by molar-refractivity contribution is -0.118. The van der Waals surface area contributed by atoms with E-state index in [1.165, 1.54) is 4.88 Å². The van der Waals surface area contributed by atoms with Gasteiger partial charge in [-0.05, 0) is 31.2 Å². The van der Waals surface area contributed by atoms with Crippen LogP contribution in [0.1, 0.15) is 33.6 Å². The Morgan fingerprint density at radius 2 is 1.95 bits per heavy atom. The van der Waals surface area contributed by atoms with Crippen LogP contribution in [-0.2, 0) is 11.2 Å². The summed E-state index contributed by atoms with van der Waals surface area (Å²) in [5, 5.41) is 1.99. The number of Topliss-reactive ketones (excluding diaryl/α,β-unsaturated/α-hetero) is 1. The first kappa shape index (κ1) is 14.0. The van der Waals surface area contributed by atoms with Crippen LogP contribution in [0, 0.1) is 6.92 Å². The topological polar surface area (TPSA) is 37.4 Å². The second-order valence-electron chi connectivity index (χ2n) is 5.35. The highest BCUT2D eigenvalue weighted by Gasteiger charge is 2.25. The number of thiophene rings is 1. The quantitative estimate of drug-likeness (QED) is 0.812. The summed E-state index contributed by atoms with van der Waals surface area (Å²) in [6.45, 7) is 2.12. The Bertz CT molecular complexity index is 672. The number of carbonyl (C=O) groups excluding carboxylic acids is 2. The summed E-state index contributed by atoms with van der Waals surface area (Å²) in [4.78, 5) is 27.6. The number of rotatable bonds is 3. The van der Waals surface area contributed by atoms with E-state index in [4.69, 9.17) is 0 Å². The Morgan fingerprint density at radius 1 is 1.19 bits per heavy atom. The summed E-state index contributed by atoms with van der Waals surface area (Å²) >= 11 is 1.66. The number of anilines is 1. The monoisotopic (exact) mass is 299 g/mol. The third kappa shape index (κ3) is 2.90. The number of hydrogen-bond donors (Lipinski definition) is 0. The maximum atomic E-state index is 12.4. The van der Waals surface area contributed by atoms with Gasteiger partial charge in [-0.1, -0.05) is 29.8 Å². The molecule has 0 bridgehead atoms. The molecule has 0 atom stereocenters. The molecule has 0 saturated carbocycles. The van der Waals surface area contributed by atoms with E-state index in [1.807, 2.05) is 42.6 Å². The number of nitrogens with zero attached hydrogens (tertiary/aromatic N) is 1. The van der Waals surface area contributed by atoms with Crippen LogP contribution in [0.5, 0.6) is 0 Å². The zero-order valence-electron chi connectivity index (χ0n) is 12.0. The van der Waals surface area contributed by atoms with Gasteiger partial charge in [0.25, 0.3) is 0 Å². The molecule has 108 valence electrons. The first-order valence-corrected chi connectivity index (χ1v) is 8.00. The molecule has 1 aromatic carbocycles. The van der Waals surface area contributed by atoms with Crippen LogP contribution in [0.4, 0.5) is 5.69 Å². The van der Waals surface area contributed by atoms with Crippen molar-refractivity contribution in [1.82, 2.24) is 0 Å². The SMILES string of the molecule is Cc1ccc(C(=O)CN2C(=O)CCCc3sccc32)cc1. The zero-order valence-corrected chi connectivity index (χ0v) is 12.8. The smallest absolute Gasteiger partial charge is 0.227 e. The van der Waals surface area contributed by atoms with E-state index < -0.39 is 0 Å². The third-order valence-electron chi connectivity index (χ3n) is 3.78. The van der Waals surface area contributed by atoms with Gasteiger partial charge in [-0.3, -0.25) is 9.59 Å². The van der Waals surface area contributed by atoms with Gasteiger partial charge in [0.05, 0.1) is 12.2 Å². The highest BCUT2D eigenvalue weighted by atomic mass is 32.1. The van der Waals surface area contributed by atoms with E-state index in [0.29, 0.717) is 12.0 Å². The van der Waals surface area contributed by atoms with E-state index in [-0.39, 0.29) is 18.2 Å². The van der Waals surface area contributed by atoms with E-state index in [1.54, 1.807) is 16.2 Å². The molecule has 0 fully saturated rings. The fourth-order valence-corrected chi connectivity index (χ4v) is 3.50. The Kier molecular flexibility index (Phi) is 3.88. The zero-order chi connectivity index (χ0) is 14.8. The van der Waals surface area contributed by atoms with Crippen LogP contribution in [-0.4, -0.2) is 18.2 Å². The molecule has 1 aliphatic heterocycles. The summed E-state index contributed by atoms with van der Waals surface area (Å²) in [7, 11) is 0. The van der Waals surface area contributed by atoms with Gasteiger partial charge in [-0.2, -0.15) is 0 Å². The minimum Gasteiger partial charge on any atom is -0.303 e. The average molecular weight is 299 g/mol. The van der Waals surface area contributed by atoms with Crippen molar-refractivity contribution in [3.05, 3.63) is 51.7 Å². The predicted molar refractivity (Wildman–Crippen MR) is 85.1 cm³/mol. The first-order chi connectivity index (χ1) is 10.1. The van der Waals surface area contributed by atoms with Crippen LogP contribution in [0.25, 0.3) is 0 Å². The van der Waals surface area contributed by atoms with E-state index in [9.17, 15) is 9.59 Å². The number of aryl methyl sites for hydroxylation is 2. The summed E-state index contributed by atoms with van der Waals surface area (Å²) in [6.07, 6.45) is 2.30. The minimum absolute atomic E-state index is 0.0117. The Balaban J connectivity index is 1.84. The molecule has 0 spiro atoms. The second kappa shape index (κ2) is 5.82. The molecule has 1 aromatic heterocycles. The third-order valence-corrected chi connectivity index (χ3v) is 4.75. The largest absolute Gasteiger partial charge is 0.303 e. The van der Waals surface area contributed by atoms with Crippen molar-refractivity contribution in [2.75, 3.05) is 11.4 Å². The standard InChI is InChI=1S/C17H17NO2S/c1-12-5-7-13(8-6-12)15(19)11-18-14-9-10-21-16(14)3-2-4-17(18)20/h5-10H,2-4,11H2,1H3. The van der Waals surface area contributed by atoms with Crippen molar-refractivity contribution in [1.29, 1.82) is 0 Å². The molecule has 1 amide bonds. The molecule has 0 aliphatic carbocycles. The van der Waals surface area contributed by atoms with Gasteiger partial charge in [0.1, 0.15) is 0 Å². The number of carbonyl (C=O) groups is 2. The van der Waals surface area contributed by atoms with Gasteiger partial charge in [0.2, 0.25) is 5.91 Å². The molecule has 0 N–H and O–H groups in total.